The second-order valence-electron chi connectivity index (χ2n) is 44.6. The number of benzene rings is 11. The van der Waals surface area contributed by atoms with Crippen molar-refractivity contribution in [3.63, 3.8) is 0 Å². The van der Waals surface area contributed by atoms with Crippen LogP contribution < -0.4 is 61.2 Å². The second kappa shape index (κ2) is 25.5. The van der Waals surface area contributed by atoms with E-state index in [0.717, 1.165) is 102 Å². The summed E-state index contributed by atoms with van der Waals surface area (Å²) in [7, 11) is 0. The van der Waals surface area contributed by atoms with Crippen molar-refractivity contribution in [3.05, 3.63) is 250 Å². The van der Waals surface area contributed by atoms with E-state index >= 15 is 0 Å². The van der Waals surface area contributed by atoms with Gasteiger partial charge in [0.15, 0.2) is 0 Å². The Bertz CT molecular complexity index is 5360. The average Bonchev–Trinajstić information content (AvgIpc) is 0.628. The summed E-state index contributed by atoms with van der Waals surface area (Å²) in [6.45, 7) is 70.9. The molecule has 0 unspecified atom stereocenters. The molecule has 0 amide bonds. The Labute approximate surface area is 705 Å². The highest BCUT2D eigenvalue weighted by Crippen LogP contribution is 2.76. The minimum absolute atomic E-state index is 0.0803. The van der Waals surface area contributed by atoms with Gasteiger partial charge in [-0.2, -0.15) is 0 Å². The molecule has 6 aliphatic heterocycles. The molecule has 0 radical (unpaired) electrons. The van der Waals surface area contributed by atoms with Crippen molar-refractivity contribution >= 4 is 170 Å². The minimum atomic E-state index is -3.49. The monoisotopic (exact) mass is 1600 g/mol. The van der Waals surface area contributed by atoms with E-state index in [1.807, 2.05) is 0 Å². The first-order valence-corrected chi connectivity index (χ1v) is 47.9. The number of hydrogen-bond donors (Lipinski definition) is 0. The highest BCUT2D eigenvalue weighted by molar-refractivity contribution is 8.27. The maximum Gasteiger partial charge on any atom is 0.0824 e. The van der Waals surface area contributed by atoms with Gasteiger partial charge in [0.2, 0.25) is 0 Å². The number of nitrogens with zero attached hydrogens (tertiary/aromatic N) is 6. The van der Waals surface area contributed by atoms with Crippen LogP contribution in [0.3, 0.4) is 0 Å². The number of anilines is 18. The molecule has 0 saturated heterocycles. The molecule has 6 heterocycles. The molecule has 0 aromatic heterocycles. The van der Waals surface area contributed by atoms with Gasteiger partial charge in [0.1, 0.15) is 0 Å². The molecule has 0 aliphatic carbocycles. The minimum Gasteiger partial charge on any atom is -0.309 e. The summed E-state index contributed by atoms with van der Waals surface area (Å²) in [5.41, 5.74) is 30.5. The summed E-state index contributed by atoms with van der Waals surface area (Å²) >= 11 is 17.6. The lowest BCUT2D eigenvalue weighted by atomic mass is 9.84. The molecule has 6 aliphatic rings. The topological polar surface area (TPSA) is 19.4 Å². The zero-order valence-electron chi connectivity index (χ0n) is 74.9. The van der Waals surface area contributed by atoms with E-state index in [4.69, 9.17) is 23.6 Å². The van der Waals surface area contributed by atoms with Gasteiger partial charge in [-0.15, -0.1) is 0 Å². The van der Waals surface area contributed by atoms with E-state index in [-0.39, 0.29) is 54.1 Å². The van der Waals surface area contributed by atoms with E-state index in [9.17, 15) is 0 Å². The van der Waals surface area contributed by atoms with Gasteiger partial charge in [-0.25, -0.2) is 0 Å². The Morgan fingerprint density at radius 2 is 0.284 bits per heavy atom. The zero-order chi connectivity index (χ0) is 83.7. The molecule has 0 spiro atoms. The average molecular weight is 1610 g/mol. The number of rotatable bonds is 6. The molecule has 17 rings (SSSR count). The predicted molar refractivity (Wildman–Crippen MR) is 515 cm³/mol. The van der Waals surface area contributed by atoms with Crippen LogP contribution in [0.15, 0.2) is 194 Å². The van der Waals surface area contributed by atoms with E-state index in [2.05, 4.69) is 431 Å². The van der Waals surface area contributed by atoms with Crippen molar-refractivity contribution in [3.8, 4) is 0 Å². The molecule has 0 bridgehead atoms. The fourth-order valence-corrected chi connectivity index (χ4v) is 29.2. The van der Waals surface area contributed by atoms with Crippen LogP contribution in [0.4, 0.5) is 102 Å². The number of fused-ring (bicyclic) bond motifs is 2. The largest absolute Gasteiger partial charge is 0.309 e. The Balaban J connectivity index is 1.19. The summed E-state index contributed by atoms with van der Waals surface area (Å²) in [4.78, 5) is 16.4. The molecule has 0 atom stereocenters. The third-order valence-corrected chi connectivity index (χ3v) is 35.5. The Hall–Kier alpha value is -8.48. The molecule has 0 fully saturated rings. The Morgan fingerprint density at radius 3 is 0.414 bits per heavy atom. The van der Waals surface area contributed by atoms with Crippen molar-refractivity contribution in [2.45, 2.75) is 262 Å². The highest BCUT2D eigenvalue weighted by Gasteiger charge is 2.61. The summed E-state index contributed by atoms with van der Waals surface area (Å²) in [5.74, 6) is 0. The Morgan fingerprint density at radius 1 is 0.164 bits per heavy atom. The van der Waals surface area contributed by atoms with Crippen molar-refractivity contribution < 1.29 is 0 Å². The highest BCUT2D eigenvalue weighted by atomic mass is 32.4. The first-order valence-electron chi connectivity index (χ1n) is 42.3. The zero-order valence-corrected chi connectivity index (χ0v) is 78.3. The molecule has 10 heteroatoms. The summed E-state index contributed by atoms with van der Waals surface area (Å²) in [5, 5.41) is 7.18. The molecule has 0 saturated carbocycles. The molecular weight excluding hydrogens is 1480 g/mol. The van der Waals surface area contributed by atoms with Crippen LogP contribution in [0.2, 0.25) is 0 Å². The van der Waals surface area contributed by atoms with E-state index in [1.54, 1.807) is 0 Å². The normalized spacial score (nSPS) is 15.9. The van der Waals surface area contributed by atoms with Crippen LogP contribution in [0.1, 0.15) is 263 Å². The van der Waals surface area contributed by atoms with E-state index < -0.39 is 12.1 Å². The molecule has 116 heavy (non-hydrogen) atoms. The van der Waals surface area contributed by atoms with Crippen LogP contribution in [0, 0.1) is 0 Å². The first-order chi connectivity index (χ1) is 53.6. The molecule has 0 N–H and O–H groups in total. The van der Waals surface area contributed by atoms with Crippen LogP contribution in [0.5, 0.6) is 0 Å². The van der Waals surface area contributed by atoms with Gasteiger partial charge in [0.25, 0.3) is 0 Å². The molecule has 6 nitrogen and oxygen atoms in total. The smallest absolute Gasteiger partial charge is 0.0824 e. The molecular formula is C106H122N6P2S2. The van der Waals surface area contributed by atoms with Gasteiger partial charge in [-0.05, 0) is 231 Å². The lowest BCUT2D eigenvalue weighted by Gasteiger charge is -2.58. The Kier molecular flexibility index (Phi) is 17.6. The second-order valence-corrected chi connectivity index (χ2v) is 53.0. The van der Waals surface area contributed by atoms with Gasteiger partial charge in [-0.1, -0.05) is 304 Å². The lowest BCUT2D eigenvalue weighted by Crippen LogP contribution is -2.53. The first kappa shape index (κ1) is 80.0. The third kappa shape index (κ3) is 12.2. The predicted octanol–water partition coefficient (Wildman–Crippen LogP) is 28.9. The summed E-state index contributed by atoms with van der Waals surface area (Å²) < 4.78 is 0. The van der Waals surface area contributed by atoms with Crippen LogP contribution in [0.25, 0.3) is 0 Å². The van der Waals surface area contributed by atoms with Crippen LogP contribution in [-0.2, 0) is 77.8 Å². The maximum absolute atomic E-state index is 8.79. The standard InChI is InChI=1S/C106H122N6P2S2/c1-97(2,3)63-31-43-73(44-32-63)107-79-55-69(103(19,20)21)59-83-91(79)113(115)92-80(107)56-70(104(22,23)24)60-84(92)110(76-49-37-66(38-50-76)100(10,11)12)88-90-96-89(87(95(88)113)109(83)75-47-35-65(36-48-75)99(7,8)9)111(77-51-39-67(40-52-77)101(13,14)15)85-61-71(105(25,26)27)57-81-93(85)114(96,116)94-82(108(81)74-45-33-64(34-46-74)98(4,5)6)58-72(106(28,29)30)62-86(94)112(90)78-53-41-68(42-54-78)102(16,17)18/h31-62H,1-30H3. The van der Waals surface area contributed by atoms with Crippen molar-refractivity contribution in [2.75, 3.05) is 29.4 Å². The maximum atomic E-state index is 8.79. The van der Waals surface area contributed by atoms with Gasteiger partial charge in [0, 0.05) is 66.0 Å². The van der Waals surface area contributed by atoms with Gasteiger partial charge >= 0.3 is 0 Å². The van der Waals surface area contributed by atoms with E-state index in [1.165, 1.54) is 87.5 Å². The van der Waals surface area contributed by atoms with Crippen LogP contribution >= 0.6 is 12.1 Å². The molecule has 11 aromatic rings. The summed E-state index contributed by atoms with van der Waals surface area (Å²) in [6, 6.07) is 71.6. The lowest BCUT2D eigenvalue weighted by molar-refractivity contribution is 0.589. The fourth-order valence-electron chi connectivity index (χ4n) is 18.6. The summed E-state index contributed by atoms with van der Waals surface area (Å²) in [6.07, 6.45) is 0. The third-order valence-electron chi connectivity index (χ3n) is 25.7. The van der Waals surface area contributed by atoms with Gasteiger partial charge in [0.05, 0.1) is 80.3 Å². The number of hydrogen-bond acceptors (Lipinski definition) is 8. The van der Waals surface area contributed by atoms with Gasteiger partial charge < -0.3 is 29.4 Å². The molecule has 598 valence electrons. The van der Waals surface area contributed by atoms with Crippen molar-refractivity contribution in [1.82, 2.24) is 0 Å². The van der Waals surface area contributed by atoms with Crippen molar-refractivity contribution in [2.24, 2.45) is 0 Å². The van der Waals surface area contributed by atoms with Crippen molar-refractivity contribution in [1.29, 1.82) is 0 Å². The fraction of sp³-hybridized carbons (Fsp3) is 0.377. The SMILES string of the molecule is CC(C)(C)c1ccc(N2c3cc(C(C)(C)C)cc4c3P3(=S)c5c2cc(C(C)(C)C)cc5N(c2ccc(C(C)(C)C)cc2)c2c5c6c(c(c23)N4c2ccc(C(C)(C)C)cc2)N(c2ccc(C(C)(C)C)cc2)c2cc(C(C)(C)C)cc3c2P6(=S)c2c(cc(C(C)(C)C)cc2N5c2ccc(C(C)(C)C)cc2)N3c2ccc(C(C)(C)C)cc2)cc1. The van der Waals surface area contributed by atoms with Gasteiger partial charge in [-0.3, -0.25) is 0 Å². The quantitative estimate of drug-likeness (QED) is 0.152. The molecule has 11 aromatic carbocycles. The van der Waals surface area contributed by atoms with Crippen LogP contribution in [-0.4, -0.2) is 0 Å². The van der Waals surface area contributed by atoms with E-state index in [0.29, 0.717) is 0 Å².